The average molecular weight is 484 g/mol. The van der Waals surface area contributed by atoms with E-state index in [-0.39, 0.29) is 11.5 Å². The first-order valence-electron chi connectivity index (χ1n) is 11.6. The van der Waals surface area contributed by atoms with Gasteiger partial charge in [-0.3, -0.25) is 9.47 Å². The van der Waals surface area contributed by atoms with Crippen LogP contribution in [0.2, 0.25) is 0 Å². The van der Waals surface area contributed by atoms with Gasteiger partial charge in [0.15, 0.2) is 11.5 Å². The number of nitrogens with one attached hydrogen (secondary N) is 1. The lowest BCUT2D eigenvalue weighted by molar-refractivity contribution is 0.0357. The minimum atomic E-state index is -0.799. The molecule has 0 atom stereocenters. The number of fused-ring (bicyclic) bond motifs is 3. The summed E-state index contributed by atoms with van der Waals surface area (Å²) in [5.74, 6) is 2.09. The molecule has 0 radical (unpaired) electrons. The third-order valence-corrected chi connectivity index (χ3v) is 5.95. The van der Waals surface area contributed by atoms with E-state index in [2.05, 4.69) is 25.2 Å². The highest BCUT2D eigenvalue weighted by atomic mass is 16.6. The number of rotatable bonds is 7. The molecule has 2 aliphatic heterocycles. The molecule has 3 aromatic rings. The minimum absolute atomic E-state index is 0.173. The van der Waals surface area contributed by atoms with E-state index in [0.717, 1.165) is 50.5 Å². The Morgan fingerprint density at radius 2 is 2.11 bits per heavy atom. The van der Waals surface area contributed by atoms with Gasteiger partial charge < -0.3 is 28.8 Å². The van der Waals surface area contributed by atoms with Crippen LogP contribution in [0.25, 0.3) is 10.9 Å². The molecule has 4 heterocycles. The summed E-state index contributed by atoms with van der Waals surface area (Å²) >= 11 is 0. The minimum Gasteiger partial charge on any atom is -0.491 e. The summed E-state index contributed by atoms with van der Waals surface area (Å²) < 4.78 is 25.9. The molecule has 2 aromatic heterocycles. The molecule has 0 spiro atoms. The third-order valence-electron chi connectivity index (χ3n) is 5.95. The van der Waals surface area contributed by atoms with Gasteiger partial charge in [-0.05, 0) is 18.6 Å². The van der Waals surface area contributed by atoms with Crippen LogP contribution in [0.15, 0.2) is 29.6 Å². The number of hydrogen-bond acceptors (Lipinski definition) is 9. The molecule has 1 aromatic carbocycles. The smallest absolute Gasteiger partial charge is 0.443 e. The van der Waals surface area contributed by atoms with E-state index in [4.69, 9.17) is 18.9 Å². The van der Waals surface area contributed by atoms with Crippen molar-refractivity contribution < 1.29 is 23.7 Å². The molecule has 0 bridgehead atoms. The Hall–Kier alpha value is -3.64. The van der Waals surface area contributed by atoms with Crippen LogP contribution in [0.5, 0.6) is 17.4 Å². The zero-order chi connectivity index (χ0) is 24.2. The number of carbonyl (C=O) groups is 1. The van der Waals surface area contributed by atoms with Crippen molar-refractivity contribution in [2.75, 3.05) is 58.4 Å². The molecule has 12 nitrogen and oxygen atoms in total. The first kappa shape index (κ1) is 23.1. The molecule has 5 rings (SSSR count). The zero-order valence-electron chi connectivity index (χ0n) is 19.9. The second-order valence-corrected chi connectivity index (χ2v) is 8.35. The molecule has 1 amide bonds. The average Bonchev–Trinajstić information content (AvgIpc) is 3.51. The van der Waals surface area contributed by atoms with Crippen molar-refractivity contribution in [2.45, 2.75) is 13.0 Å². The highest BCUT2D eigenvalue weighted by Crippen LogP contribution is 2.37. The summed E-state index contributed by atoms with van der Waals surface area (Å²) in [4.78, 5) is 27.6. The standard InChI is InChI=1S/C23H29N7O5/c1-28-14-18(25-15-28)35-23(31)27-22-26-19-16(21-24-6-8-30(21)22)4-5-17(20(19)32-2)34-11-3-7-29-9-12-33-13-10-29/h4-5,14-15,24H,3,6-13H2,1-2H3. The fourth-order valence-electron chi connectivity index (χ4n) is 4.28. The topological polar surface area (TPSA) is 117 Å². The van der Waals surface area contributed by atoms with E-state index in [9.17, 15) is 4.79 Å². The largest absolute Gasteiger partial charge is 0.491 e. The fourth-order valence-corrected chi connectivity index (χ4v) is 4.28. The van der Waals surface area contributed by atoms with E-state index in [0.29, 0.717) is 36.7 Å². The number of aryl methyl sites for hydroxylation is 1. The molecule has 186 valence electrons. The van der Waals surface area contributed by atoms with Gasteiger partial charge in [0, 0.05) is 45.2 Å². The summed E-state index contributed by atoms with van der Waals surface area (Å²) in [6, 6.07) is 3.84. The maximum absolute atomic E-state index is 12.5. The molecule has 0 saturated carbocycles. The second-order valence-electron chi connectivity index (χ2n) is 8.35. The van der Waals surface area contributed by atoms with E-state index in [1.165, 1.54) is 0 Å². The van der Waals surface area contributed by atoms with Crippen LogP contribution in [-0.2, 0) is 18.3 Å². The van der Waals surface area contributed by atoms with E-state index in [1.807, 2.05) is 16.7 Å². The van der Waals surface area contributed by atoms with Crippen LogP contribution in [-0.4, -0.2) is 83.2 Å². The monoisotopic (exact) mass is 483 g/mol. The van der Waals surface area contributed by atoms with Gasteiger partial charge in [0.05, 0.1) is 39.5 Å². The summed E-state index contributed by atoms with van der Waals surface area (Å²) in [7, 11) is 3.37. The molecule has 1 N–H and O–H groups in total. The van der Waals surface area contributed by atoms with E-state index >= 15 is 0 Å². The first-order valence-corrected chi connectivity index (χ1v) is 11.6. The van der Waals surface area contributed by atoms with Gasteiger partial charge >= 0.3 is 6.09 Å². The number of hydrogen-bond donors (Lipinski definition) is 1. The van der Waals surface area contributed by atoms with Gasteiger partial charge in [0.2, 0.25) is 11.5 Å². The Morgan fingerprint density at radius 3 is 2.89 bits per heavy atom. The Bertz CT molecular complexity index is 1280. The summed E-state index contributed by atoms with van der Waals surface area (Å²) in [5.41, 5.74) is 0.782. The molecule has 0 unspecified atom stereocenters. The number of ether oxygens (including phenoxy) is 4. The molecule has 12 heteroatoms. The van der Waals surface area contributed by atoms with Crippen LogP contribution in [0, 0.1) is 0 Å². The summed E-state index contributed by atoms with van der Waals surface area (Å²) in [6.07, 6.45) is 3.22. The number of morpholine rings is 1. The Kier molecular flexibility index (Phi) is 6.82. The van der Waals surface area contributed by atoms with Crippen molar-refractivity contribution >= 4 is 22.8 Å². The zero-order valence-corrected chi connectivity index (χ0v) is 19.9. The van der Waals surface area contributed by atoms with Crippen LogP contribution >= 0.6 is 0 Å². The lowest BCUT2D eigenvalue weighted by atomic mass is 10.2. The van der Waals surface area contributed by atoms with Gasteiger partial charge in [0.1, 0.15) is 11.3 Å². The first-order chi connectivity index (χ1) is 17.1. The molecule has 1 saturated heterocycles. The molecule has 1 fully saturated rings. The van der Waals surface area contributed by atoms with Crippen molar-refractivity contribution in [3.8, 4) is 17.4 Å². The van der Waals surface area contributed by atoms with Gasteiger partial charge in [-0.1, -0.05) is 0 Å². The van der Waals surface area contributed by atoms with E-state index in [1.54, 1.807) is 31.2 Å². The summed E-state index contributed by atoms with van der Waals surface area (Å²) in [5, 5.41) is 4.21. The van der Waals surface area contributed by atoms with E-state index < -0.39 is 6.09 Å². The number of nitrogens with zero attached hydrogens (tertiary/aromatic N) is 6. The predicted octanol–water partition coefficient (Wildman–Crippen LogP) is 1.40. The lowest BCUT2D eigenvalue weighted by Gasteiger charge is -2.26. The van der Waals surface area contributed by atoms with Crippen molar-refractivity contribution in [2.24, 2.45) is 12.0 Å². The molecular formula is C23H29N7O5. The van der Waals surface area contributed by atoms with Crippen molar-refractivity contribution in [1.82, 2.24) is 24.0 Å². The highest BCUT2D eigenvalue weighted by Gasteiger charge is 2.21. The number of benzene rings is 1. The van der Waals surface area contributed by atoms with Crippen LogP contribution in [0.4, 0.5) is 10.6 Å². The van der Waals surface area contributed by atoms with Crippen molar-refractivity contribution in [1.29, 1.82) is 0 Å². The SMILES string of the molecule is COc1c(OCCCN2CCOCC2)ccc2c3n(c(=NC(=O)Oc4cn(C)cn4)nc12)CCN3. The van der Waals surface area contributed by atoms with Gasteiger partial charge in [0.25, 0.3) is 0 Å². The predicted molar refractivity (Wildman–Crippen MR) is 127 cm³/mol. The maximum atomic E-state index is 12.5. The van der Waals surface area contributed by atoms with Crippen LogP contribution in [0.3, 0.4) is 0 Å². The normalized spacial score (nSPS) is 16.2. The number of aromatic nitrogens is 4. The Labute approximate surface area is 202 Å². The number of anilines is 1. The number of imidazole rings is 1. The second kappa shape index (κ2) is 10.3. The van der Waals surface area contributed by atoms with Crippen LogP contribution < -0.4 is 25.1 Å². The van der Waals surface area contributed by atoms with Crippen molar-refractivity contribution in [3.63, 3.8) is 0 Å². The number of methoxy groups -OCH3 is 1. The molecule has 2 aliphatic rings. The Balaban J connectivity index is 1.40. The third kappa shape index (κ3) is 5.08. The Morgan fingerprint density at radius 1 is 1.26 bits per heavy atom. The fraction of sp³-hybridized carbons (Fsp3) is 0.478. The van der Waals surface area contributed by atoms with Crippen LogP contribution in [0.1, 0.15) is 6.42 Å². The number of carbonyl (C=O) groups excluding carboxylic acids is 1. The quantitative estimate of drug-likeness (QED) is 0.498. The van der Waals surface area contributed by atoms with Gasteiger partial charge in [-0.2, -0.15) is 0 Å². The highest BCUT2D eigenvalue weighted by molar-refractivity contribution is 5.95. The van der Waals surface area contributed by atoms with Crippen molar-refractivity contribution in [3.05, 3.63) is 30.3 Å². The maximum Gasteiger partial charge on any atom is 0.443 e. The lowest BCUT2D eigenvalue weighted by Crippen LogP contribution is -2.37. The molecule has 0 aliphatic carbocycles. The summed E-state index contributed by atoms with van der Waals surface area (Å²) in [6.45, 7) is 6.28. The van der Waals surface area contributed by atoms with Gasteiger partial charge in [-0.25, -0.2) is 14.8 Å². The van der Waals surface area contributed by atoms with Gasteiger partial charge in [-0.15, -0.1) is 4.99 Å². The molecule has 35 heavy (non-hydrogen) atoms. The number of amides is 1. The molecular weight excluding hydrogens is 454 g/mol.